The summed E-state index contributed by atoms with van der Waals surface area (Å²) in [4.78, 5) is 44.9. The van der Waals surface area contributed by atoms with Crippen molar-refractivity contribution in [2.24, 2.45) is 0 Å². The average molecular weight is 535 g/mol. The molecule has 1 atom stereocenters. The predicted molar refractivity (Wildman–Crippen MR) is 146 cm³/mol. The lowest BCUT2D eigenvalue weighted by Crippen LogP contribution is -2.29. The van der Waals surface area contributed by atoms with Crippen molar-refractivity contribution >= 4 is 39.9 Å². The molecule has 1 aliphatic rings. The van der Waals surface area contributed by atoms with Gasteiger partial charge in [-0.05, 0) is 55.2 Å². The number of nitrogens with zero attached hydrogens (tertiary/aromatic N) is 2. The molecule has 1 amide bonds. The summed E-state index contributed by atoms with van der Waals surface area (Å²) in [6.45, 7) is 6.33. The van der Waals surface area contributed by atoms with Crippen LogP contribution in [0, 0.1) is 6.92 Å². The van der Waals surface area contributed by atoms with Gasteiger partial charge in [-0.15, -0.1) is 0 Å². The molecule has 0 bridgehead atoms. The van der Waals surface area contributed by atoms with E-state index in [0.29, 0.717) is 29.2 Å². The number of hydrogen-bond donors (Lipinski definition) is 1. The zero-order chi connectivity index (χ0) is 27.4. The van der Waals surface area contributed by atoms with Gasteiger partial charge in [-0.1, -0.05) is 55.9 Å². The van der Waals surface area contributed by atoms with E-state index in [1.165, 1.54) is 12.0 Å². The number of aliphatic hydroxyl groups excluding tert-OH is 1. The minimum absolute atomic E-state index is 0.0497. The Bertz CT molecular complexity index is 1380. The summed E-state index contributed by atoms with van der Waals surface area (Å²) in [5.74, 6) is -1.88. The highest BCUT2D eigenvalue weighted by atomic mass is 32.1. The summed E-state index contributed by atoms with van der Waals surface area (Å²) in [5, 5.41) is 11.5. The van der Waals surface area contributed by atoms with Gasteiger partial charge in [-0.2, -0.15) is 0 Å². The lowest BCUT2D eigenvalue weighted by molar-refractivity contribution is -0.132. The Balaban J connectivity index is 1.82. The first kappa shape index (κ1) is 27.1. The SMILES string of the molecule is CCCCOc1ccc(/C(O)=C2\C(=O)C(=O)N(c3nc(C)c(C(=O)OC)s3)C2c2ccc(CC)cc2)cc1. The molecule has 2 aromatic carbocycles. The second kappa shape index (κ2) is 11.6. The van der Waals surface area contributed by atoms with Gasteiger partial charge in [0.2, 0.25) is 0 Å². The summed E-state index contributed by atoms with van der Waals surface area (Å²) in [6.07, 6.45) is 2.76. The molecule has 4 rings (SSSR count). The lowest BCUT2D eigenvalue weighted by Gasteiger charge is -2.23. The molecule has 0 spiro atoms. The quantitative estimate of drug-likeness (QED) is 0.125. The van der Waals surface area contributed by atoms with E-state index in [1.54, 1.807) is 31.2 Å². The molecule has 1 aromatic heterocycles. The van der Waals surface area contributed by atoms with Crippen molar-refractivity contribution in [3.05, 3.63) is 81.4 Å². The number of aryl methyl sites for hydroxylation is 2. The molecule has 38 heavy (non-hydrogen) atoms. The maximum Gasteiger partial charge on any atom is 0.350 e. The Morgan fingerprint density at radius 1 is 1.08 bits per heavy atom. The van der Waals surface area contributed by atoms with Crippen LogP contribution in [0.5, 0.6) is 5.75 Å². The van der Waals surface area contributed by atoms with Crippen LogP contribution in [0.2, 0.25) is 0 Å². The van der Waals surface area contributed by atoms with Crippen LogP contribution in [0.25, 0.3) is 5.76 Å². The molecule has 198 valence electrons. The van der Waals surface area contributed by atoms with E-state index in [4.69, 9.17) is 9.47 Å². The number of benzene rings is 2. The zero-order valence-corrected chi connectivity index (χ0v) is 22.6. The van der Waals surface area contributed by atoms with Crippen molar-refractivity contribution in [2.75, 3.05) is 18.6 Å². The molecule has 8 nitrogen and oxygen atoms in total. The van der Waals surface area contributed by atoms with Gasteiger partial charge in [0, 0.05) is 5.56 Å². The molecule has 9 heteroatoms. The number of hydrogen-bond acceptors (Lipinski definition) is 8. The van der Waals surface area contributed by atoms with Crippen molar-refractivity contribution in [3.8, 4) is 5.75 Å². The van der Waals surface area contributed by atoms with Crippen LogP contribution in [0.3, 0.4) is 0 Å². The first-order chi connectivity index (χ1) is 18.3. The van der Waals surface area contributed by atoms with Crippen LogP contribution < -0.4 is 9.64 Å². The molecule has 1 fully saturated rings. The third kappa shape index (κ3) is 5.19. The van der Waals surface area contributed by atoms with Gasteiger partial charge in [0.1, 0.15) is 16.4 Å². The van der Waals surface area contributed by atoms with E-state index in [0.717, 1.165) is 36.2 Å². The van der Waals surface area contributed by atoms with Gasteiger partial charge in [-0.25, -0.2) is 9.78 Å². The summed E-state index contributed by atoms with van der Waals surface area (Å²) >= 11 is 0.969. The molecular weight excluding hydrogens is 504 g/mol. The Morgan fingerprint density at radius 2 is 1.76 bits per heavy atom. The summed E-state index contributed by atoms with van der Waals surface area (Å²) in [6, 6.07) is 13.3. The fourth-order valence-corrected chi connectivity index (χ4v) is 5.26. The molecule has 3 aromatic rings. The van der Waals surface area contributed by atoms with Gasteiger partial charge < -0.3 is 14.6 Å². The highest BCUT2D eigenvalue weighted by Crippen LogP contribution is 2.44. The van der Waals surface area contributed by atoms with Crippen LogP contribution >= 0.6 is 11.3 Å². The van der Waals surface area contributed by atoms with Crippen LogP contribution in [-0.2, 0) is 20.7 Å². The number of rotatable bonds is 9. The Labute approximate surface area is 225 Å². The number of unbranched alkanes of at least 4 members (excludes halogenated alkanes) is 1. The third-order valence-electron chi connectivity index (χ3n) is 6.40. The molecule has 0 saturated carbocycles. The molecule has 0 aliphatic carbocycles. The topological polar surface area (TPSA) is 106 Å². The third-order valence-corrected chi connectivity index (χ3v) is 7.54. The van der Waals surface area contributed by atoms with Gasteiger partial charge in [0.05, 0.1) is 31.0 Å². The monoisotopic (exact) mass is 534 g/mol. The number of carbonyl (C=O) groups is 3. The Morgan fingerprint density at radius 3 is 2.37 bits per heavy atom. The fourth-order valence-electron chi connectivity index (χ4n) is 4.25. The minimum atomic E-state index is -0.933. The van der Waals surface area contributed by atoms with Crippen molar-refractivity contribution in [1.29, 1.82) is 0 Å². The predicted octanol–water partition coefficient (Wildman–Crippen LogP) is 5.61. The van der Waals surface area contributed by atoms with E-state index in [2.05, 4.69) is 11.9 Å². The second-order valence-electron chi connectivity index (χ2n) is 8.89. The number of ketones is 1. The smallest absolute Gasteiger partial charge is 0.350 e. The Kier molecular flexibility index (Phi) is 8.26. The Hall–Kier alpha value is -3.98. The number of thiazole rings is 1. The van der Waals surface area contributed by atoms with E-state index >= 15 is 0 Å². The van der Waals surface area contributed by atoms with Crippen LogP contribution in [-0.4, -0.2) is 41.5 Å². The molecule has 1 saturated heterocycles. The minimum Gasteiger partial charge on any atom is -0.507 e. The first-order valence-electron chi connectivity index (χ1n) is 12.5. The maximum absolute atomic E-state index is 13.4. The first-order valence-corrected chi connectivity index (χ1v) is 13.3. The van der Waals surface area contributed by atoms with E-state index in [9.17, 15) is 19.5 Å². The zero-order valence-electron chi connectivity index (χ0n) is 21.8. The van der Waals surface area contributed by atoms with Crippen LogP contribution in [0.15, 0.2) is 54.1 Å². The van der Waals surface area contributed by atoms with E-state index in [-0.39, 0.29) is 21.3 Å². The number of ether oxygens (including phenoxy) is 2. The summed E-state index contributed by atoms with van der Waals surface area (Å²) in [5.41, 5.74) is 2.44. The number of esters is 1. The number of aliphatic hydroxyl groups is 1. The molecule has 1 N–H and O–H groups in total. The molecule has 0 radical (unpaired) electrons. The van der Waals surface area contributed by atoms with Crippen molar-refractivity contribution in [2.45, 2.75) is 46.1 Å². The van der Waals surface area contributed by atoms with Crippen molar-refractivity contribution < 1.29 is 29.0 Å². The largest absolute Gasteiger partial charge is 0.507 e. The molecule has 1 unspecified atom stereocenters. The van der Waals surface area contributed by atoms with Gasteiger partial charge in [-0.3, -0.25) is 14.5 Å². The summed E-state index contributed by atoms with van der Waals surface area (Å²) < 4.78 is 10.5. The number of methoxy groups -OCH3 is 1. The van der Waals surface area contributed by atoms with Crippen molar-refractivity contribution in [3.63, 3.8) is 0 Å². The number of Topliss-reactive ketones (excluding diaryl/α,β-unsaturated/α-hetero) is 1. The van der Waals surface area contributed by atoms with E-state index < -0.39 is 23.7 Å². The van der Waals surface area contributed by atoms with Gasteiger partial charge in [0.25, 0.3) is 5.78 Å². The standard InChI is InChI=1S/C29H30N2O6S/c1-5-7-16-37-21-14-12-20(13-15-21)24(32)22-23(19-10-8-18(6-2)9-11-19)31(27(34)25(22)33)29-30-17(3)26(38-29)28(35)36-4/h8-15,23,32H,5-7,16H2,1-4H3/b24-22+. The van der Waals surface area contributed by atoms with E-state index in [1.807, 2.05) is 31.2 Å². The highest BCUT2D eigenvalue weighted by Gasteiger charge is 2.48. The highest BCUT2D eigenvalue weighted by molar-refractivity contribution is 7.17. The molecule has 2 heterocycles. The second-order valence-corrected chi connectivity index (χ2v) is 9.87. The molecular formula is C29H30N2O6S. The average Bonchev–Trinajstić information content (AvgIpc) is 3.44. The van der Waals surface area contributed by atoms with Crippen molar-refractivity contribution in [1.82, 2.24) is 4.98 Å². The fraction of sp³-hybridized carbons (Fsp3) is 0.310. The van der Waals surface area contributed by atoms with Gasteiger partial charge >= 0.3 is 11.9 Å². The number of carbonyl (C=O) groups excluding carboxylic acids is 3. The van der Waals surface area contributed by atoms with Crippen LogP contribution in [0.1, 0.15) is 64.8 Å². The normalized spacial score (nSPS) is 16.6. The van der Waals surface area contributed by atoms with Crippen LogP contribution in [0.4, 0.5) is 5.13 Å². The lowest BCUT2D eigenvalue weighted by atomic mass is 9.94. The number of amides is 1. The number of anilines is 1. The molecule has 1 aliphatic heterocycles. The maximum atomic E-state index is 13.4. The van der Waals surface area contributed by atoms with Gasteiger partial charge in [0.15, 0.2) is 5.13 Å². The summed E-state index contributed by atoms with van der Waals surface area (Å²) in [7, 11) is 1.27. The number of aromatic nitrogens is 1.